The second kappa shape index (κ2) is 5.20. The van der Waals surface area contributed by atoms with Gasteiger partial charge >= 0.3 is 0 Å². The first-order chi connectivity index (χ1) is 8.15. The van der Waals surface area contributed by atoms with Gasteiger partial charge in [-0.2, -0.15) is 0 Å². The van der Waals surface area contributed by atoms with Crippen LogP contribution >= 0.6 is 0 Å². The van der Waals surface area contributed by atoms with Gasteiger partial charge in [-0.25, -0.2) is 0 Å². The molecule has 1 aliphatic heterocycles. The van der Waals surface area contributed by atoms with Gasteiger partial charge in [0.15, 0.2) is 0 Å². The van der Waals surface area contributed by atoms with Crippen LogP contribution in [0.25, 0.3) is 0 Å². The maximum absolute atomic E-state index is 12.6. The fraction of sp³-hybridized carbons (Fsp3) is 0.933. The minimum Gasteiger partial charge on any atom is -0.325 e. The number of hydrogen-bond donors (Lipinski definition) is 1. The molecule has 0 aromatic carbocycles. The Bertz CT molecular complexity index is 308. The zero-order valence-electron chi connectivity index (χ0n) is 13.1. The number of nitrogens with one attached hydrogen (secondary N) is 1. The highest BCUT2D eigenvalue weighted by Crippen LogP contribution is 2.31. The standard InChI is InChI=1S/C15H30N2O/c1-8-12-16-15(7,9-2)13(18)17(12)10-11(3)14(4,5)6/h11-12,16H,8-10H2,1-7H3. The van der Waals surface area contributed by atoms with Crippen molar-refractivity contribution in [3.63, 3.8) is 0 Å². The van der Waals surface area contributed by atoms with E-state index in [9.17, 15) is 4.79 Å². The molecule has 0 spiro atoms. The zero-order chi connectivity index (χ0) is 14.1. The summed E-state index contributed by atoms with van der Waals surface area (Å²) in [7, 11) is 0. The smallest absolute Gasteiger partial charge is 0.243 e. The molecule has 1 saturated heterocycles. The van der Waals surface area contributed by atoms with Crippen molar-refractivity contribution >= 4 is 5.91 Å². The van der Waals surface area contributed by atoms with Crippen LogP contribution in [0.1, 0.15) is 61.3 Å². The zero-order valence-corrected chi connectivity index (χ0v) is 13.1. The van der Waals surface area contributed by atoms with Gasteiger partial charge in [-0.1, -0.05) is 41.5 Å². The lowest BCUT2D eigenvalue weighted by molar-refractivity contribution is -0.133. The summed E-state index contributed by atoms with van der Waals surface area (Å²) in [6, 6.07) is 0. The van der Waals surface area contributed by atoms with Crippen LogP contribution in [0.2, 0.25) is 0 Å². The summed E-state index contributed by atoms with van der Waals surface area (Å²) in [5.74, 6) is 0.768. The number of nitrogens with zero attached hydrogens (tertiary/aromatic N) is 1. The van der Waals surface area contributed by atoms with Crippen molar-refractivity contribution in [2.45, 2.75) is 73.0 Å². The summed E-state index contributed by atoms with van der Waals surface area (Å²) in [5.41, 5.74) is -0.123. The van der Waals surface area contributed by atoms with E-state index in [0.29, 0.717) is 5.92 Å². The van der Waals surface area contributed by atoms with E-state index in [-0.39, 0.29) is 23.0 Å². The average Bonchev–Trinajstić information content (AvgIpc) is 2.53. The van der Waals surface area contributed by atoms with Crippen molar-refractivity contribution in [3.8, 4) is 0 Å². The van der Waals surface area contributed by atoms with Gasteiger partial charge in [-0.05, 0) is 31.1 Å². The predicted octanol–water partition coefficient (Wildman–Crippen LogP) is 3.01. The van der Waals surface area contributed by atoms with Gasteiger partial charge < -0.3 is 4.90 Å². The van der Waals surface area contributed by atoms with Gasteiger partial charge in [0.2, 0.25) is 5.91 Å². The molecule has 0 saturated carbocycles. The first-order valence-corrected chi connectivity index (χ1v) is 7.24. The molecule has 18 heavy (non-hydrogen) atoms. The fourth-order valence-corrected chi connectivity index (χ4v) is 2.32. The lowest BCUT2D eigenvalue weighted by Gasteiger charge is -2.33. The molecule has 0 aliphatic carbocycles. The van der Waals surface area contributed by atoms with E-state index in [1.54, 1.807) is 0 Å². The van der Waals surface area contributed by atoms with E-state index in [1.165, 1.54) is 0 Å². The first kappa shape index (κ1) is 15.5. The van der Waals surface area contributed by atoms with Crippen LogP contribution in [-0.2, 0) is 4.79 Å². The van der Waals surface area contributed by atoms with Gasteiger partial charge in [0.05, 0.1) is 11.7 Å². The molecule has 3 nitrogen and oxygen atoms in total. The van der Waals surface area contributed by atoms with Gasteiger partial charge in [-0.3, -0.25) is 10.1 Å². The second-order valence-corrected chi connectivity index (χ2v) is 6.98. The molecule has 1 N–H and O–H groups in total. The Hall–Kier alpha value is -0.570. The maximum Gasteiger partial charge on any atom is 0.243 e. The fourth-order valence-electron chi connectivity index (χ4n) is 2.32. The van der Waals surface area contributed by atoms with Crippen molar-refractivity contribution in [1.29, 1.82) is 0 Å². The van der Waals surface area contributed by atoms with E-state index >= 15 is 0 Å². The highest BCUT2D eigenvalue weighted by atomic mass is 16.2. The van der Waals surface area contributed by atoms with Crippen LogP contribution in [0, 0.1) is 11.3 Å². The van der Waals surface area contributed by atoms with E-state index in [2.05, 4.69) is 51.8 Å². The second-order valence-electron chi connectivity index (χ2n) is 6.98. The lowest BCUT2D eigenvalue weighted by Crippen LogP contribution is -2.44. The van der Waals surface area contributed by atoms with Crippen LogP contribution in [0.4, 0.5) is 0 Å². The molecule has 0 aromatic heterocycles. The van der Waals surface area contributed by atoms with Gasteiger partial charge in [-0.15, -0.1) is 0 Å². The lowest BCUT2D eigenvalue weighted by atomic mass is 9.81. The third-order valence-corrected chi connectivity index (χ3v) is 4.64. The number of hydrogen-bond acceptors (Lipinski definition) is 2. The molecule has 0 radical (unpaired) electrons. The molecule has 0 bridgehead atoms. The molecule has 3 unspecified atom stereocenters. The number of amides is 1. The van der Waals surface area contributed by atoms with Crippen molar-refractivity contribution in [2.75, 3.05) is 6.54 Å². The molecule has 1 fully saturated rings. The number of carbonyl (C=O) groups excluding carboxylic acids is 1. The number of carbonyl (C=O) groups is 1. The molecule has 3 atom stereocenters. The third kappa shape index (κ3) is 2.87. The van der Waals surface area contributed by atoms with E-state index < -0.39 is 0 Å². The monoisotopic (exact) mass is 254 g/mol. The Morgan fingerprint density at radius 2 is 1.94 bits per heavy atom. The Labute approximate surface area is 112 Å². The van der Waals surface area contributed by atoms with Crippen molar-refractivity contribution in [3.05, 3.63) is 0 Å². The van der Waals surface area contributed by atoms with Crippen LogP contribution in [-0.4, -0.2) is 29.1 Å². The van der Waals surface area contributed by atoms with E-state index in [1.807, 2.05) is 6.92 Å². The summed E-state index contributed by atoms with van der Waals surface area (Å²) < 4.78 is 0. The largest absolute Gasteiger partial charge is 0.325 e. The minimum atomic E-state index is -0.363. The van der Waals surface area contributed by atoms with Crippen molar-refractivity contribution < 1.29 is 4.79 Å². The Kier molecular flexibility index (Phi) is 4.47. The van der Waals surface area contributed by atoms with Crippen LogP contribution in [0.15, 0.2) is 0 Å². The normalized spacial score (nSPS) is 30.9. The Morgan fingerprint density at radius 1 is 1.39 bits per heavy atom. The van der Waals surface area contributed by atoms with Gasteiger partial charge in [0, 0.05) is 6.54 Å². The molecule has 1 rings (SSSR count). The van der Waals surface area contributed by atoms with Crippen LogP contribution in [0.3, 0.4) is 0 Å². The molecular formula is C15H30N2O. The summed E-state index contributed by atoms with van der Waals surface area (Å²) in [6.45, 7) is 16.1. The van der Waals surface area contributed by atoms with E-state index in [4.69, 9.17) is 0 Å². The first-order valence-electron chi connectivity index (χ1n) is 7.24. The molecule has 106 valence electrons. The molecule has 0 aromatic rings. The molecule has 1 aliphatic rings. The molecule has 1 heterocycles. The maximum atomic E-state index is 12.6. The SMILES string of the molecule is CCC1NC(C)(CC)C(=O)N1CC(C)C(C)(C)C. The van der Waals surface area contributed by atoms with Crippen molar-refractivity contribution in [1.82, 2.24) is 10.2 Å². The van der Waals surface area contributed by atoms with Crippen LogP contribution < -0.4 is 5.32 Å². The topological polar surface area (TPSA) is 32.3 Å². The molecule has 1 amide bonds. The van der Waals surface area contributed by atoms with Crippen LogP contribution in [0.5, 0.6) is 0 Å². The quantitative estimate of drug-likeness (QED) is 0.836. The Balaban J connectivity index is 2.84. The molecule has 3 heteroatoms. The summed E-state index contributed by atoms with van der Waals surface area (Å²) in [4.78, 5) is 14.6. The average molecular weight is 254 g/mol. The molecular weight excluding hydrogens is 224 g/mol. The highest BCUT2D eigenvalue weighted by molar-refractivity contribution is 5.88. The number of rotatable bonds is 4. The summed E-state index contributed by atoms with van der Waals surface area (Å²) in [6.07, 6.45) is 2.02. The van der Waals surface area contributed by atoms with Crippen molar-refractivity contribution in [2.24, 2.45) is 11.3 Å². The summed E-state index contributed by atoms with van der Waals surface area (Å²) >= 11 is 0. The predicted molar refractivity (Wildman–Crippen MR) is 76.2 cm³/mol. The summed E-state index contributed by atoms with van der Waals surface area (Å²) in [5, 5.41) is 3.50. The Morgan fingerprint density at radius 3 is 2.33 bits per heavy atom. The van der Waals surface area contributed by atoms with E-state index in [0.717, 1.165) is 19.4 Å². The third-order valence-electron chi connectivity index (χ3n) is 4.64. The van der Waals surface area contributed by atoms with Gasteiger partial charge in [0.1, 0.15) is 0 Å². The van der Waals surface area contributed by atoms with Gasteiger partial charge in [0.25, 0.3) is 0 Å². The highest BCUT2D eigenvalue weighted by Gasteiger charge is 2.46. The minimum absolute atomic E-state index is 0.201.